The summed E-state index contributed by atoms with van der Waals surface area (Å²) in [6.07, 6.45) is 2.60. The van der Waals surface area contributed by atoms with E-state index < -0.39 is 11.5 Å². The highest BCUT2D eigenvalue weighted by Gasteiger charge is 2.33. The maximum atomic E-state index is 12.4. The first-order valence-electron chi connectivity index (χ1n) is 7.26. The highest BCUT2D eigenvalue weighted by Crippen LogP contribution is 2.19. The zero-order chi connectivity index (χ0) is 15.5. The van der Waals surface area contributed by atoms with E-state index in [0.29, 0.717) is 6.54 Å². The first kappa shape index (κ1) is 16.7. The lowest BCUT2D eigenvalue weighted by Crippen LogP contribution is -2.55. The Morgan fingerprint density at radius 2 is 1.80 bits per heavy atom. The Kier molecular flexibility index (Phi) is 5.31. The third kappa shape index (κ3) is 4.05. The molecule has 1 heterocycles. The standard InChI is InChI=1S/C15H26N2O3/c1-10(16-14(20)15(3,4)5)13(19)17-9-7-6-8-12(17)11(2)18/h10,12H,6-9H2,1-5H3,(H,16,20)/t10-,12-/m0/s1. The molecule has 114 valence electrons. The number of Topliss-reactive ketones (excluding diaryl/α,β-unsaturated/α-hetero) is 1. The highest BCUT2D eigenvalue weighted by atomic mass is 16.2. The smallest absolute Gasteiger partial charge is 0.245 e. The molecule has 0 aromatic heterocycles. The summed E-state index contributed by atoms with van der Waals surface area (Å²) in [5.74, 6) is -0.301. The van der Waals surface area contributed by atoms with Crippen molar-refractivity contribution >= 4 is 17.6 Å². The molecule has 5 nitrogen and oxygen atoms in total. The quantitative estimate of drug-likeness (QED) is 0.853. The second-order valence-corrected chi connectivity index (χ2v) is 6.60. The van der Waals surface area contributed by atoms with Crippen LogP contribution in [0.5, 0.6) is 0 Å². The van der Waals surface area contributed by atoms with Gasteiger partial charge >= 0.3 is 0 Å². The molecule has 0 unspecified atom stereocenters. The number of rotatable bonds is 3. The average molecular weight is 282 g/mol. The molecule has 5 heteroatoms. The van der Waals surface area contributed by atoms with Crippen molar-refractivity contribution in [2.45, 2.75) is 66.0 Å². The van der Waals surface area contributed by atoms with Crippen molar-refractivity contribution < 1.29 is 14.4 Å². The number of amides is 2. The first-order chi connectivity index (χ1) is 9.14. The van der Waals surface area contributed by atoms with E-state index in [1.165, 1.54) is 6.92 Å². The maximum absolute atomic E-state index is 12.4. The van der Waals surface area contributed by atoms with E-state index in [1.807, 2.05) is 0 Å². The van der Waals surface area contributed by atoms with Gasteiger partial charge in [0, 0.05) is 12.0 Å². The Morgan fingerprint density at radius 3 is 2.30 bits per heavy atom. The number of nitrogens with zero attached hydrogens (tertiary/aromatic N) is 1. The fourth-order valence-electron chi connectivity index (χ4n) is 2.34. The van der Waals surface area contributed by atoms with E-state index in [2.05, 4.69) is 5.32 Å². The third-order valence-corrected chi connectivity index (χ3v) is 3.65. The van der Waals surface area contributed by atoms with Gasteiger partial charge in [-0.1, -0.05) is 20.8 Å². The third-order valence-electron chi connectivity index (χ3n) is 3.65. The number of piperidine rings is 1. The van der Waals surface area contributed by atoms with E-state index in [0.717, 1.165) is 19.3 Å². The Bertz CT molecular complexity index is 398. The largest absolute Gasteiger partial charge is 0.344 e. The summed E-state index contributed by atoms with van der Waals surface area (Å²) >= 11 is 0. The number of nitrogens with one attached hydrogen (secondary N) is 1. The Labute approximate surface area is 121 Å². The van der Waals surface area contributed by atoms with Gasteiger partial charge in [0.05, 0.1) is 6.04 Å². The van der Waals surface area contributed by atoms with E-state index in [4.69, 9.17) is 0 Å². The van der Waals surface area contributed by atoms with Gasteiger partial charge < -0.3 is 10.2 Å². The predicted octanol–water partition coefficient (Wildman–Crippen LogP) is 1.51. The molecule has 0 bridgehead atoms. The average Bonchev–Trinajstić information content (AvgIpc) is 2.36. The van der Waals surface area contributed by atoms with Crippen LogP contribution >= 0.6 is 0 Å². The van der Waals surface area contributed by atoms with Crippen molar-refractivity contribution in [2.75, 3.05) is 6.54 Å². The maximum Gasteiger partial charge on any atom is 0.245 e. The second kappa shape index (κ2) is 6.37. The van der Waals surface area contributed by atoms with Crippen LogP contribution in [0.15, 0.2) is 0 Å². The molecule has 0 aromatic carbocycles. The molecule has 1 fully saturated rings. The zero-order valence-corrected chi connectivity index (χ0v) is 13.2. The van der Waals surface area contributed by atoms with Gasteiger partial charge in [-0.05, 0) is 33.1 Å². The number of carbonyl (C=O) groups excluding carboxylic acids is 3. The molecule has 1 aliphatic rings. The summed E-state index contributed by atoms with van der Waals surface area (Å²) in [6.45, 7) is 9.21. The first-order valence-corrected chi connectivity index (χ1v) is 7.26. The SMILES string of the molecule is CC(=O)[C@@H]1CCCCN1C(=O)[C@H](C)NC(=O)C(C)(C)C. The molecule has 0 aromatic rings. The van der Waals surface area contributed by atoms with Crippen LogP contribution in [-0.2, 0) is 14.4 Å². The minimum absolute atomic E-state index is 0.0207. The number of ketones is 1. The monoisotopic (exact) mass is 282 g/mol. The molecule has 1 rings (SSSR count). The molecule has 0 saturated carbocycles. The molecule has 20 heavy (non-hydrogen) atoms. The highest BCUT2D eigenvalue weighted by molar-refractivity contribution is 5.92. The van der Waals surface area contributed by atoms with Gasteiger partial charge in [-0.2, -0.15) is 0 Å². The molecule has 1 saturated heterocycles. The van der Waals surface area contributed by atoms with Crippen LogP contribution in [-0.4, -0.2) is 41.1 Å². The lowest BCUT2D eigenvalue weighted by molar-refractivity contribution is -0.144. The molecule has 0 radical (unpaired) electrons. The molecular formula is C15H26N2O3. The predicted molar refractivity (Wildman–Crippen MR) is 77.1 cm³/mol. The molecule has 0 spiro atoms. The van der Waals surface area contributed by atoms with Crippen molar-refractivity contribution in [2.24, 2.45) is 5.41 Å². The summed E-state index contributed by atoms with van der Waals surface area (Å²) in [6, 6.07) is -0.924. The van der Waals surface area contributed by atoms with E-state index in [-0.39, 0.29) is 23.6 Å². The fraction of sp³-hybridized carbons (Fsp3) is 0.800. The number of likely N-dealkylation sites (tertiary alicyclic amines) is 1. The minimum Gasteiger partial charge on any atom is -0.344 e. The number of hydrogen-bond acceptors (Lipinski definition) is 3. The second-order valence-electron chi connectivity index (χ2n) is 6.60. The van der Waals surface area contributed by atoms with Crippen molar-refractivity contribution in [1.29, 1.82) is 0 Å². The Balaban J connectivity index is 2.72. The fourth-order valence-corrected chi connectivity index (χ4v) is 2.34. The molecule has 0 aliphatic carbocycles. The number of hydrogen-bond donors (Lipinski definition) is 1. The van der Waals surface area contributed by atoms with Gasteiger partial charge in [0.15, 0.2) is 5.78 Å². The zero-order valence-electron chi connectivity index (χ0n) is 13.2. The van der Waals surface area contributed by atoms with Crippen molar-refractivity contribution in [3.63, 3.8) is 0 Å². The summed E-state index contributed by atoms with van der Waals surface area (Å²) in [4.78, 5) is 37.6. The summed E-state index contributed by atoms with van der Waals surface area (Å²) in [5.41, 5.74) is -0.531. The van der Waals surface area contributed by atoms with Crippen LogP contribution in [0, 0.1) is 5.41 Å². The van der Waals surface area contributed by atoms with Crippen LogP contribution in [0.1, 0.15) is 53.9 Å². The van der Waals surface area contributed by atoms with E-state index in [1.54, 1.807) is 32.6 Å². The molecular weight excluding hydrogens is 256 g/mol. The topological polar surface area (TPSA) is 66.5 Å². The minimum atomic E-state index is -0.596. The van der Waals surface area contributed by atoms with E-state index >= 15 is 0 Å². The van der Waals surface area contributed by atoms with Crippen LogP contribution in [0.3, 0.4) is 0 Å². The van der Waals surface area contributed by atoms with Gasteiger partial charge in [-0.3, -0.25) is 14.4 Å². The summed E-state index contributed by atoms with van der Waals surface area (Å²) in [7, 11) is 0. The summed E-state index contributed by atoms with van der Waals surface area (Å²) < 4.78 is 0. The van der Waals surface area contributed by atoms with Crippen molar-refractivity contribution in [3.05, 3.63) is 0 Å². The van der Waals surface area contributed by atoms with E-state index in [9.17, 15) is 14.4 Å². The van der Waals surface area contributed by atoms with Crippen LogP contribution in [0.2, 0.25) is 0 Å². The van der Waals surface area contributed by atoms with Crippen LogP contribution in [0.25, 0.3) is 0 Å². The van der Waals surface area contributed by atoms with Gasteiger partial charge in [-0.25, -0.2) is 0 Å². The number of carbonyl (C=O) groups is 3. The normalized spacial score (nSPS) is 21.2. The van der Waals surface area contributed by atoms with Gasteiger partial charge in [0.25, 0.3) is 0 Å². The van der Waals surface area contributed by atoms with Gasteiger partial charge in [0.2, 0.25) is 11.8 Å². The Morgan fingerprint density at radius 1 is 1.20 bits per heavy atom. The summed E-state index contributed by atoms with van der Waals surface area (Å²) in [5, 5.41) is 2.73. The van der Waals surface area contributed by atoms with Gasteiger partial charge in [-0.15, -0.1) is 0 Å². The van der Waals surface area contributed by atoms with Crippen LogP contribution in [0.4, 0.5) is 0 Å². The van der Waals surface area contributed by atoms with Crippen molar-refractivity contribution in [3.8, 4) is 0 Å². The van der Waals surface area contributed by atoms with Crippen LogP contribution < -0.4 is 5.32 Å². The van der Waals surface area contributed by atoms with Crippen molar-refractivity contribution in [1.82, 2.24) is 10.2 Å². The van der Waals surface area contributed by atoms with Gasteiger partial charge in [0.1, 0.15) is 6.04 Å². The molecule has 1 N–H and O–H groups in total. The lowest BCUT2D eigenvalue weighted by Gasteiger charge is -2.36. The molecule has 2 amide bonds. The molecule has 2 atom stereocenters. The molecule has 1 aliphatic heterocycles. The Hall–Kier alpha value is -1.39. The lowest BCUT2D eigenvalue weighted by atomic mass is 9.95.